The zero-order chi connectivity index (χ0) is 15.8. The summed E-state index contributed by atoms with van der Waals surface area (Å²) in [5, 5.41) is 5.79. The fraction of sp³-hybridized carbons (Fsp3) is 0.182. The minimum absolute atomic E-state index is 0.0598. The molecule has 0 spiro atoms. The number of aryl methyl sites for hydroxylation is 1. The van der Waals surface area contributed by atoms with E-state index in [-0.39, 0.29) is 21.6 Å². The van der Waals surface area contributed by atoms with Crippen molar-refractivity contribution < 1.29 is 17.2 Å². The van der Waals surface area contributed by atoms with E-state index in [4.69, 9.17) is 5.73 Å². The molecule has 114 valence electrons. The Hall–Kier alpha value is -1.52. The lowest BCUT2D eigenvalue weighted by Crippen LogP contribution is -2.17. The summed E-state index contributed by atoms with van der Waals surface area (Å²) in [6, 6.07) is 1.56. The van der Waals surface area contributed by atoms with Crippen molar-refractivity contribution in [1.29, 1.82) is 0 Å². The van der Waals surface area contributed by atoms with Gasteiger partial charge in [0, 0.05) is 23.9 Å². The number of sulfonamides is 1. The first-order valence-electron chi connectivity index (χ1n) is 5.67. The Balaban J connectivity index is 2.45. The molecule has 1 heterocycles. The largest absolute Gasteiger partial charge is 0.326 e. The number of anilines is 1. The number of benzene rings is 1. The van der Waals surface area contributed by atoms with Crippen molar-refractivity contribution in [2.45, 2.75) is 18.5 Å². The van der Waals surface area contributed by atoms with Gasteiger partial charge < -0.3 is 5.73 Å². The number of nitrogens with one attached hydrogen (secondary N) is 2. The van der Waals surface area contributed by atoms with E-state index in [1.165, 1.54) is 0 Å². The molecule has 21 heavy (non-hydrogen) atoms. The van der Waals surface area contributed by atoms with E-state index in [2.05, 4.69) is 26.1 Å². The van der Waals surface area contributed by atoms with E-state index >= 15 is 0 Å². The summed E-state index contributed by atoms with van der Waals surface area (Å²) in [7, 11) is -4.18. The second-order valence-corrected chi connectivity index (χ2v) is 6.64. The molecule has 2 rings (SSSR count). The van der Waals surface area contributed by atoms with Crippen LogP contribution in [0, 0.1) is 18.6 Å². The third-order valence-corrected chi connectivity index (χ3v) is 4.69. The number of aromatic nitrogens is 2. The maximum Gasteiger partial charge on any atom is 0.281 e. The maximum atomic E-state index is 13.7. The van der Waals surface area contributed by atoms with Gasteiger partial charge in [0.25, 0.3) is 10.0 Å². The number of nitrogens with two attached hydrogens (primary N) is 1. The summed E-state index contributed by atoms with van der Waals surface area (Å²) in [4.78, 5) is 0. The van der Waals surface area contributed by atoms with Crippen LogP contribution in [-0.4, -0.2) is 18.6 Å². The highest BCUT2D eigenvalue weighted by atomic mass is 79.9. The van der Waals surface area contributed by atoms with Gasteiger partial charge in [-0.15, -0.1) is 0 Å². The Bertz CT molecular complexity index is 792. The van der Waals surface area contributed by atoms with Gasteiger partial charge in [0.05, 0.1) is 10.2 Å². The van der Waals surface area contributed by atoms with Gasteiger partial charge in [-0.1, -0.05) is 0 Å². The van der Waals surface area contributed by atoms with Gasteiger partial charge in [-0.3, -0.25) is 9.82 Å². The van der Waals surface area contributed by atoms with Crippen LogP contribution in [0.15, 0.2) is 21.6 Å². The molecular weight excluding hydrogens is 370 g/mol. The lowest BCUT2D eigenvalue weighted by atomic mass is 10.3. The minimum Gasteiger partial charge on any atom is -0.326 e. The SMILES string of the molecule is Cc1[nH]nc(S(=O)(=O)Nc2cc(F)c(Br)cc2F)c1CN. The lowest BCUT2D eigenvalue weighted by molar-refractivity contribution is 0.589. The Morgan fingerprint density at radius 3 is 2.67 bits per heavy atom. The highest BCUT2D eigenvalue weighted by molar-refractivity contribution is 9.10. The van der Waals surface area contributed by atoms with Gasteiger partial charge >= 0.3 is 0 Å². The van der Waals surface area contributed by atoms with Gasteiger partial charge in [-0.25, -0.2) is 8.78 Å². The Morgan fingerprint density at radius 2 is 2.05 bits per heavy atom. The van der Waals surface area contributed by atoms with Crippen LogP contribution in [0.3, 0.4) is 0 Å². The molecule has 0 fully saturated rings. The molecule has 2 aromatic rings. The minimum atomic E-state index is -4.18. The Kier molecular flexibility index (Phi) is 4.30. The summed E-state index contributed by atoms with van der Waals surface area (Å²) in [5.41, 5.74) is 5.72. The molecule has 0 aliphatic carbocycles. The van der Waals surface area contributed by atoms with Crippen molar-refractivity contribution in [1.82, 2.24) is 10.2 Å². The van der Waals surface area contributed by atoms with E-state index in [1.54, 1.807) is 6.92 Å². The predicted molar refractivity (Wildman–Crippen MR) is 76.1 cm³/mol. The second kappa shape index (κ2) is 5.70. The first kappa shape index (κ1) is 15.9. The molecule has 6 nitrogen and oxygen atoms in total. The van der Waals surface area contributed by atoms with Gasteiger partial charge in [-0.2, -0.15) is 13.5 Å². The number of halogens is 3. The summed E-state index contributed by atoms with van der Waals surface area (Å²) < 4.78 is 53.3. The summed E-state index contributed by atoms with van der Waals surface area (Å²) in [5.74, 6) is -1.72. The molecule has 0 aliphatic heterocycles. The molecule has 0 saturated carbocycles. The van der Waals surface area contributed by atoms with Crippen molar-refractivity contribution in [3.8, 4) is 0 Å². The van der Waals surface area contributed by atoms with Crippen molar-refractivity contribution in [3.05, 3.63) is 39.5 Å². The van der Waals surface area contributed by atoms with Crippen LogP contribution in [0.5, 0.6) is 0 Å². The van der Waals surface area contributed by atoms with Gasteiger partial charge in [0.2, 0.25) is 5.03 Å². The first-order chi connectivity index (χ1) is 9.76. The second-order valence-electron chi connectivity index (χ2n) is 4.19. The fourth-order valence-electron chi connectivity index (χ4n) is 1.69. The number of H-pyrrole nitrogens is 1. The topological polar surface area (TPSA) is 101 Å². The average molecular weight is 381 g/mol. The Labute approximate surface area is 127 Å². The van der Waals surface area contributed by atoms with Crippen LogP contribution in [0.1, 0.15) is 11.3 Å². The zero-order valence-corrected chi connectivity index (χ0v) is 13.1. The highest BCUT2D eigenvalue weighted by Gasteiger charge is 2.24. The van der Waals surface area contributed by atoms with Gasteiger partial charge in [0.1, 0.15) is 11.6 Å². The molecule has 0 bridgehead atoms. The van der Waals surface area contributed by atoms with Crippen LogP contribution in [0.2, 0.25) is 0 Å². The molecule has 0 atom stereocenters. The van der Waals surface area contributed by atoms with Gasteiger partial charge in [-0.05, 0) is 28.9 Å². The fourth-order valence-corrected chi connectivity index (χ4v) is 3.27. The summed E-state index contributed by atoms with van der Waals surface area (Å²) in [6.45, 7) is 1.55. The molecular formula is C11H11BrF2N4O2S. The van der Waals surface area contributed by atoms with Crippen LogP contribution in [0.4, 0.5) is 14.5 Å². The quantitative estimate of drug-likeness (QED) is 0.706. The number of hydrogen-bond donors (Lipinski definition) is 3. The number of aromatic amines is 1. The van der Waals surface area contributed by atoms with E-state index in [1.807, 2.05) is 4.72 Å². The normalized spacial score (nSPS) is 11.7. The monoisotopic (exact) mass is 380 g/mol. The van der Waals surface area contributed by atoms with Crippen LogP contribution in [-0.2, 0) is 16.6 Å². The third-order valence-electron chi connectivity index (χ3n) is 2.75. The molecule has 0 radical (unpaired) electrons. The number of nitrogens with zero attached hydrogens (tertiary/aromatic N) is 1. The molecule has 0 saturated heterocycles. The van der Waals surface area contributed by atoms with Crippen LogP contribution < -0.4 is 10.5 Å². The Morgan fingerprint density at radius 1 is 1.38 bits per heavy atom. The summed E-state index contributed by atoms with van der Waals surface area (Å²) in [6.07, 6.45) is 0. The van der Waals surface area contributed by atoms with Crippen molar-refractivity contribution >= 4 is 31.6 Å². The molecule has 0 aliphatic rings. The van der Waals surface area contributed by atoms with Gasteiger partial charge in [0.15, 0.2) is 0 Å². The number of rotatable bonds is 4. The maximum absolute atomic E-state index is 13.7. The number of hydrogen-bond acceptors (Lipinski definition) is 4. The summed E-state index contributed by atoms with van der Waals surface area (Å²) >= 11 is 2.80. The zero-order valence-electron chi connectivity index (χ0n) is 10.7. The average Bonchev–Trinajstić information content (AvgIpc) is 2.77. The molecule has 4 N–H and O–H groups in total. The van der Waals surface area contributed by atoms with Crippen LogP contribution >= 0.6 is 15.9 Å². The van der Waals surface area contributed by atoms with Crippen molar-refractivity contribution in [2.24, 2.45) is 5.73 Å². The first-order valence-corrected chi connectivity index (χ1v) is 7.95. The molecule has 10 heteroatoms. The molecule has 1 aromatic heterocycles. The van der Waals surface area contributed by atoms with E-state index < -0.39 is 27.3 Å². The predicted octanol–water partition coefficient (Wildman–Crippen LogP) is 2.02. The standard InChI is InChI=1S/C11H11BrF2N4O2S/c1-5-6(4-15)11(17-16-5)21(19,20)18-10-3-8(13)7(12)2-9(10)14/h2-3,18H,4,15H2,1H3,(H,16,17). The molecule has 0 unspecified atom stereocenters. The lowest BCUT2D eigenvalue weighted by Gasteiger charge is -2.09. The third kappa shape index (κ3) is 3.06. The molecule has 0 amide bonds. The van der Waals surface area contributed by atoms with Crippen LogP contribution in [0.25, 0.3) is 0 Å². The van der Waals surface area contributed by atoms with E-state index in [0.717, 1.165) is 12.1 Å². The van der Waals surface area contributed by atoms with Crippen molar-refractivity contribution in [3.63, 3.8) is 0 Å². The van der Waals surface area contributed by atoms with Crippen molar-refractivity contribution in [2.75, 3.05) is 4.72 Å². The highest BCUT2D eigenvalue weighted by Crippen LogP contribution is 2.26. The molecule has 1 aromatic carbocycles. The van der Waals surface area contributed by atoms with E-state index in [9.17, 15) is 17.2 Å². The van der Waals surface area contributed by atoms with E-state index in [0.29, 0.717) is 5.69 Å². The smallest absolute Gasteiger partial charge is 0.281 e.